The molecule has 0 heterocycles. The molecule has 2 rings (SSSR count). The second-order valence-corrected chi connectivity index (χ2v) is 6.49. The van der Waals surface area contributed by atoms with Crippen LogP contribution in [0.5, 0.6) is 0 Å². The standard InChI is InChI=1S/C15H29N/c1-3-13-8-4-5-9-14(13)15(16)10-6-7-12(2)11-15/h12-14H,3-11,16H2,1-2H3. The Morgan fingerprint density at radius 1 is 1.12 bits per heavy atom. The van der Waals surface area contributed by atoms with E-state index in [4.69, 9.17) is 5.73 Å². The van der Waals surface area contributed by atoms with Crippen LogP contribution in [0, 0.1) is 17.8 Å². The molecule has 16 heavy (non-hydrogen) atoms. The minimum absolute atomic E-state index is 0.193. The summed E-state index contributed by atoms with van der Waals surface area (Å²) >= 11 is 0. The summed E-state index contributed by atoms with van der Waals surface area (Å²) < 4.78 is 0. The molecule has 0 aliphatic heterocycles. The van der Waals surface area contributed by atoms with Crippen LogP contribution in [0.25, 0.3) is 0 Å². The lowest BCUT2D eigenvalue weighted by Crippen LogP contribution is -2.53. The van der Waals surface area contributed by atoms with Crippen LogP contribution < -0.4 is 5.73 Å². The topological polar surface area (TPSA) is 26.0 Å². The molecule has 2 fully saturated rings. The van der Waals surface area contributed by atoms with Crippen molar-refractivity contribution in [2.45, 2.75) is 77.2 Å². The molecule has 2 saturated carbocycles. The monoisotopic (exact) mass is 223 g/mol. The smallest absolute Gasteiger partial charge is 0.0188 e. The maximum atomic E-state index is 6.79. The summed E-state index contributed by atoms with van der Waals surface area (Å²) in [5.41, 5.74) is 6.98. The van der Waals surface area contributed by atoms with Gasteiger partial charge in [-0.2, -0.15) is 0 Å². The highest BCUT2D eigenvalue weighted by Crippen LogP contribution is 2.45. The molecule has 4 atom stereocenters. The van der Waals surface area contributed by atoms with Crippen molar-refractivity contribution in [3.05, 3.63) is 0 Å². The number of rotatable bonds is 2. The van der Waals surface area contributed by atoms with Gasteiger partial charge in [-0.25, -0.2) is 0 Å². The molecule has 2 N–H and O–H groups in total. The van der Waals surface area contributed by atoms with E-state index in [2.05, 4.69) is 13.8 Å². The Morgan fingerprint density at radius 2 is 1.88 bits per heavy atom. The second-order valence-electron chi connectivity index (χ2n) is 6.49. The summed E-state index contributed by atoms with van der Waals surface area (Å²) in [5.74, 6) is 2.61. The Kier molecular flexibility index (Phi) is 3.94. The summed E-state index contributed by atoms with van der Waals surface area (Å²) in [4.78, 5) is 0. The van der Waals surface area contributed by atoms with Gasteiger partial charge in [0, 0.05) is 5.54 Å². The van der Waals surface area contributed by atoms with Crippen LogP contribution in [0.4, 0.5) is 0 Å². The molecule has 0 bridgehead atoms. The van der Waals surface area contributed by atoms with Crippen LogP contribution in [0.15, 0.2) is 0 Å². The largest absolute Gasteiger partial charge is 0.325 e. The number of hydrogen-bond donors (Lipinski definition) is 1. The number of hydrogen-bond acceptors (Lipinski definition) is 1. The first kappa shape index (κ1) is 12.4. The molecule has 94 valence electrons. The van der Waals surface area contributed by atoms with Crippen LogP contribution in [-0.4, -0.2) is 5.54 Å². The molecule has 0 spiro atoms. The summed E-state index contributed by atoms with van der Waals surface area (Å²) in [7, 11) is 0. The minimum Gasteiger partial charge on any atom is -0.325 e. The lowest BCUT2D eigenvalue weighted by Gasteiger charge is -2.48. The Balaban J connectivity index is 2.07. The zero-order valence-corrected chi connectivity index (χ0v) is 11.2. The fraction of sp³-hybridized carbons (Fsp3) is 1.00. The minimum atomic E-state index is 0.193. The quantitative estimate of drug-likeness (QED) is 0.749. The van der Waals surface area contributed by atoms with Gasteiger partial charge in [-0.15, -0.1) is 0 Å². The first-order chi connectivity index (χ1) is 7.65. The van der Waals surface area contributed by atoms with Gasteiger partial charge in [0.25, 0.3) is 0 Å². The van der Waals surface area contributed by atoms with Gasteiger partial charge in [0.15, 0.2) is 0 Å². The van der Waals surface area contributed by atoms with Gasteiger partial charge >= 0.3 is 0 Å². The summed E-state index contributed by atoms with van der Waals surface area (Å²) in [6.45, 7) is 4.75. The average molecular weight is 223 g/mol. The first-order valence-corrected chi connectivity index (χ1v) is 7.44. The maximum absolute atomic E-state index is 6.79. The van der Waals surface area contributed by atoms with Crippen molar-refractivity contribution in [1.82, 2.24) is 0 Å². The van der Waals surface area contributed by atoms with Gasteiger partial charge in [-0.1, -0.05) is 52.4 Å². The Labute approximate surface area is 101 Å². The highest BCUT2D eigenvalue weighted by atomic mass is 14.8. The van der Waals surface area contributed by atoms with Crippen LogP contribution in [0.3, 0.4) is 0 Å². The van der Waals surface area contributed by atoms with E-state index in [1.807, 2.05) is 0 Å². The number of nitrogens with two attached hydrogens (primary N) is 1. The summed E-state index contributed by atoms with van der Waals surface area (Å²) in [6.07, 6.45) is 12.4. The Morgan fingerprint density at radius 3 is 2.56 bits per heavy atom. The van der Waals surface area contributed by atoms with Gasteiger partial charge in [0.05, 0.1) is 0 Å². The molecular formula is C15H29N. The second kappa shape index (κ2) is 5.08. The molecule has 0 amide bonds. The Bertz CT molecular complexity index is 225. The predicted octanol–water partition coefficient (Wildman–Crippen LogP) is 4.11. The molecule has 2 aliphatic carbocycles. The first-order valence-electron chi connectivity index (χ1n) is 7.44. The van der Waals surface area contributed by atoms with Crippen molar-refractivity contribution in [3.63, 3.8) is 0 Å². The lowest BCUT2D eigenvalue weighted by atomic mass is 9.61. The van der Waals surface area contributed by atoms with E-state index in [0.717, 1.165) is 17.8 Å². The molecule has 0 aromatic heterocycles. The van der Waals surface area contributed by atoms with E-state index in [-0.39, 0.29) is 5.54 Å². The van der Waals surface area contributed by atoms with E-state index in [9.17, 15) is 0 Å². The SMILES string of the molecule is CCC1CCCCC1C1(N)CCCC(C)C1. The van der Waals surface area contributed by atoms with Crippen LogP contribution in [0.2, 0.25) is 0 Å². The molecule has 4 unspecified atom stereocenters. The van der Waals surface area contributed by atoms with Crippen molar-refractivity contribution >= 4 is 0 Å². The van der Waals surface area contributed by atoms with Crippen molar-refractivity contribution in [2.24, 2.45) is 23.5 Å². The predicted molar refractivity (Wildman–Crippen MR) is 70.3 cm³/mol. The lowest BCUT2D eigenvalue weighted by molar-refractivity contribution is 0.0781. The molecule has 0 saturated heterocycles. The average Bonchev–Trinajstić information content (AvgIpc) is 2.29. The molecule has 2 aliphatic rings. The van der Waals surface area contributed by atoms with E-state index in [0.29, 0.717) is 0 Å². The zero-order chi connectivity index (χ0) is 11.6. The van der Waals surface area contributed by atoms with Gasteiger partial charge in [-0.05, 0) is 37.0 Å². The molecule has 0 aromatic carbocycles. The third-order valence-corrected chi connectivity index (χ3v) is 5.24. The normalized spacial score (nSPS) is 45.6. The third-order valence-electron chi connectivity index (χ3n) is 5.24. The van der Waals surface area contributed by atoms with Gasteiger partial charge in [0.1, 0.15) is 0 Å². The zero-order valence-electron chi connectivity index (χ0n) is 11.2. The molecule has 0 radical (unpaired) electrons. The summed E-state index contributed by atoms with van der Waals surface area (Å²) in [5, 5.41) is 0. The fourth-order valence-electron chi connectivity index (χ4n) is 4.42. The molecule has 0 aromatic rings. The maximum Gasteiger partial charge on any atom is 0.0188 e. The Hall–Kier alpha value is -0.0400. The highest BCUT2D eigenvalue weighted by Gasteiger charge is 2.42. The molecular weight excluding hydrogens is 194 g/mol. The van der Waals surface area contributed by atoms with Gasteiger partial charge in [-0.3, -0.25) is 0 Å². The summed E-state index contributed by atoms with van der Waals surface area (Å²) in [6, 6.07) is 0. The molecule has 1 nitrogen and oxygen atoms in total. The van der Waals surface area contributed by atoms with Crippen LogP contribution in [0.1, 0.15) is 71.6 Å². The van der Waals surface area contributed by atoms with E-state index >= 15 is 0 Å². The fourth-order valence-corrected chi connectivity index (χ4v) is 4.42. The van der Waals surface area contributed by atoms with Crippen molar-refractivity contribution in [2.75, 3.05) is 0 Å². The van der Waals surface area contributed by atoms with Crippen LogP contribution >= 0.6 is 0 Å². The van der Waals surface area contributed by atoms with E-state index in [1.165, 1.54) is 57.8 Å². The third kappa shape index (κ3) is 2.45. The van der Waals surface area contributed by atoms with Gasteiger partial charge < -0.3 is 5.73 Å². The molecule has 1 heteroatoms. The highest BCUT2D eigenvalue weighted by molar-refractivity contribution is 4.98. The van der Waals surface area contributed by atoms with Gasteiger partial charge in [0.2, 0.25) is 0 Å². The van der Waals surface area contributed by atoms with Crippen LogP contribution in [-0.2, 0) is 0 Å². The van der Waals surface area contributed by atoms with Crippen molar-refractivity contribution < 1.29 is 0 Å². The van der Waals surface area contributed by atoms with E-state index < -0.39 is 0 Å². The van der Waals surface area contributed by atoms with Crippen molar-refractivity contribution in [1.29, 1.82) is 0 Å². The van der Waals surface area contributed by atoms with Crippen molar-refractivity contribution in [3.8, 4) is 0 Å². The van der Waals surface area contributed by atoms with E-state index in [1.54, 1.807) is 0 Å².